The molecule has 2 aliphatic rings. The van der Waals surface area contributed by atoms with Crippen LogP contribution in [0.15, 0.2) is 30.3 Å². The Balaban J connectivity index is 1.74. The number of piperazine rings is 1. The van der Waals surface area contributed by atoms with Gasteiger partial charge in [-0.2, -0.15) is 5.26 Å². The normalized spacial score (nSPS) is 25.3. The number of carbonyl (C=O) groups excluding carboxylic acids is 1. The van der Waals surface area contributed by atoms with E-state index in [2.05, 4.69) is 47.5 Å². The summed E-state index contributed by atoms with van der Waals surface area (Å²) >= 11 is 0. The third-order valence-electron chi connectivity index (χ3n) is 6.08. The van der Waals surface area contributed by atoms with Crippen molar-refractivity contribution in [3.63, 3.8) is 0 Å². The number of benzene rings is 1. The van der Waals surface area contributed by atoms with E-state index in [1.165, 1.54) is 5.56 Å². The van der Waals surface area contributed by atoms with Crippen LogP contribution in [-0.4, -0.2) is 65.3 Å². The largest absolute Gasteiger partial charge is 0.444 e. The minimum Gasteiger partial charge on any atom is -0.444 e. The lowest BCUT2D eigenvalue weighted by Crippen LogP contribution is -2.67. The first-order valence-electron chi connectivity index (χ1n) is 10.7. The average Bonchev–Trinajstić information content (AvgIpc) is 2.69. The number of rotatable bonds is 3. The van der Waals surface area contributed by atoms with Crippen molar-refractivity contribution in [3.05, 3.63) is 35.9 Å². The Kier molecular flexibility index (Phi) is 6.50. The van der Waals surface area contributed by atoms with Gasteiger partial charge in [-0.15, -0.1) is 0 Å². The quantitative estimate of drug-likeness (QED) is 0.847. The summed E-state index contributed by atoms with van der Waals surface area (Å²) in [5, 5.41) is 13.8. The number of likely N-dealkylation sites (tertiary alicyclic amines) is 1. The molecule has 2 aliphatic heterocycles. The molecule has 0 spiro atoms. The first kappa shape index (κ1) is 21.6. The zero-order valence-corrected chi connectivity index (χ0v) is 18.1. The molecule has 0 radical (unpaired) electrons. The molecule has 1 aromatic carbocycles. The zero-order valence-electron chi connectivity index (χ0n) is 18.1. The Morgan fingerprint density at radius 1 is 1.24 bits per heavy atom. The third-order valence-corrected chi connectivity index (χ3v) is 6.08. The van der Waals surface area contributed by atoms with E-state index in [4.69, 9.17) is 4.74 Å². The molecule has 1 unspecified atom stereocenters. The van der Waals surface area contributed by atoms with Crippen molar-refractivity contribution in [1.82, 2.24) is 15.1 Å². The maximum absolute atomic E-state index is 12.4. The van der Waals surface area contributed by atoms with Gasteiger partial charge in [0.1, 0.15) is 11.1 Å². The highest BCUT2D eigenvalue weighted by Gasteiger charge is 2.46. The molecule has 1 N–H and O–H groups in total. The second-order valence-electron chi connectivity index (χ2n) is 9.30. The van der Waals surface area contributed by atoms with Crippen molar-refractivity contribution in [1.29, 1.82) is 5.26 Å². The van der Waals surface area contributed by atoms with E-state index in [1.54, 1.807) is 4.90 Å². The van der Waals surface area contributed by atoms with E-state index >= 15 is 0 Å². The van der Waals surface area contributed by atoms with Crippen molar-refractivity contribution >= 4 is 6.09 Å². The fourth-order valence-corrected chi connectivity index (χ4v) is 4.51. The number of hydrogen-bond acceptors (Lipinski definition) is 5. The van der Waals surface area contributed by atoms with Gasteiger partial charge in [-0.1, -0.05) is 30.3 Å². The maximum atomic E-state index is 12.4. The number of nitrogens with zero attached hydrogens (tertiary/aromatic N) is 3. The summed E-state index contributed by atoms with van der Waals surface area (Å²) < 4.78 is 5.52. The number of ether oxygens (including phenoxy) is 1. The predicted octanol–water partition coefficient (Wildman–Crippen LogP) is 3.18. The Hall–Kier alpha value is -2.10. The summed E-state index contributed by atoms with van der Waals surface area (Å²) in [6, 6.07) is 13.7. The van der Waals surface area contributed by atoms with Gasteiger partial charge in [0.25, 0.3) is 0 Å². The summed E-state index contributed by atoms with van der Waals surface area (Å²) in [6.07, 6.45) is 1.94. The summed E-state index contributed by atoms with van der Waals surface area (Å²) in [4.78, 5) is 16.6. The van der Waals surface area contributed by atoms with Gasteiger partial charge in [0.05, 0.1) is 6.07 Å². The van der Waals surface area contributed by atoms with Crippen molar-refractivity contribution in [3.8, 4) is 6.07 Å². The molecule has 0 bridgehead atoms. The van der Waals surface area contributed by atoms with Crippen LogP contribution in [0.5, 0.6) is 0 Å². The van der Waals surface area contributed by atoms with E-state index in [0.29, 0.717) is 32.0 Å². The Labute approximate surface area is 174 Å². The van der Waals surface area contributed by atoms with Gasteiger partial charge in [-0.3, -0.25) is 4.90 Å². The lowest BCUT2D eigenvalue weighted by atomic mass is 9.83. The number of hydrogen-bond donors (Lipinski definition) is 1. The van der Waals surface area contributed by atoms with Gasteiger partial charge in [-0.25, -0.2) is 4.79 Å². The fourth-order valence-electron chi connectivity index (χ4n) is 4.51. The number of nitriles is 1. The van der Waals surface area contributed by atoms with Crippen molar-refractivity contribution in [2.24, 2.45) is 0 Å². The molecule has 158 valence electrons. The number of amides is 1. The van der Waals surface area contributed by atoms with Crippen LogP contribution < -0.4 is 5.32 Å². The van der Waals surface area contributed by atoms with Gasteiger partial charge in [-0.05, 0) is 52.5 Å². The van der Waals surface area contributed by atoms with E-state index < -0.39 is 11.1 Å². The van der Waals surface area contributed by atoms with Crippen LogP contribution in [0.2, 0.25) is 0 Å². The highest BCUT2D eigenvalue weighted by atomic mass is 16.6. The molecule has 0 aromatic heterocycles. The maximum Gasteiger partial charge on any atom is 0.410 e. The Bertz CT molecular complexity index is 729. The minimum atomic E-state index is -0.533. The Morgan fingerprint density at radius 3 is 2.48 bits per heavy atom. The van der Waals surface area contributed by atoms with Crippen LogP contribution in [0.3, 0.4) is 0 Å². The third kappa shape index (κ3) is 5.09. The molecule has 0 aliphatic carbocycles. The fraction of sp³-hybridized carbons (Fsp3) is 0.652. The highest BCUT2D eigenvalue weighted by molar-refractivity contribution is 5.68. The van der Waals surface area contributed by atoms with Gasteiger partial charge in [0.15, 0.2) is 0 Å². The van der Waals surface area contributed by atoms with E-state index in [-0.39, 0.29) is 12.1 Å². The molecule has 1 aromatic rings. The molecule has 6 nitrogen and oxygen atoms in total. The standard InChI is InChI=1S/C23H34N4O2/c1-18-20(16-19-8-6-5-7-9-19)27(15-12-25-18)23(17-24)10-13-26(14-11-23)21(28)29-22(2,3)4/h5-9,18,20,25H,10-16H2,1-4H3/t18-,20?/m0/s1. The first-order valence-corrected chi connectivity index (χ1v) is 10.7. The molecule has 3 rings (SSSR count). The van der Waals surface area contributed by atoms with E-state index in [0.717, 1.165) is 19.5 Å². The topological polar surface area (TPSA) is 68.6 Å². The molecular formula is C23H34N4O2. The van der Waals surface area contributed by atoms with Crippen molar-refractivity contribution < 1.29 is 9.53 Å². The van der Waals surface area contributed by atoms with Crippen LogP contribution >= 0.6 is 0 Å². The second kappa shape index (κ2) is 8.73. The summed E-state index contributed by atoms with van der Waals surface area (Å²) in [5.41, 5.74) is 0.251. The Morgan fingerprint density at radius 2 is 1.90 bits per heavy atom. The van der Waals surface area contributed by atoms with Gasteiger partial charge in [0, 0.05) is 38.3 Å². The van der Waals surface area contributed by atoms with Crippen molar-refractivity contribution in [2.75, 3.05) is 26.2 Å². The monoisotopic (exact) mass is 398 g/mol. The zero-order chi connectivity index (χ0) is 21.1. The minimum absolute atomic E-state index is 0.249. The van der Waals surface area contributed by atoms with E-state index in [9.17, 15) is 10.1 Å². The first-order chi connectivity index (χ1) is 13.7. The molecule has 1 amide bonds. The summed E-state index contributed by atoms with van der Waals surface area (Å²) in [6.45, 7) is 10.7. The van der Waals surface area contributed by atoms with Crippen LogP contribution in [0, 0.1) is 11.3 Å². The molecule has 0 saturated carbocycles. The van der Waals surface area contributed by atoms with Crippen LogP contribution in [0.25, 0.3) is 0 Å². The molecule has 2 saturated heterocycles. The average molecular weight is 399 g/mol. The smallest absolute Gasteiger partial charge is 0.410 e. The van der Waals surface area contributed by atoms with Crippen LogP contribution in [0.4, 0.5) is 4.79 Å². The lowest BCUT2D eigenvalue weighted by molar-refractivity contribution is -0.0148. The van der Waals surface area contributed by atoms with Gasteiger partial charge >= 0.3 is 6.09 Å². The number of nitrogens with one attached hydrogen (secondary N) is 1. The lowest BCUT2D eigenvalue weighted by Gasteiger charge is -2.51. The van der Waals surface area contributed by atoms with Crippen LogP contribution in [0.1, 0.15) is 46.1 Å². The number of carbonyl (C=O) groups is 1. The summed E-state index contributed by atoms with van der Waals surface area (Å²) in [7, 11) is 0. The molecule has 2 atom stereocenters. The highest BCUT2D eigenvalue weighted by Crippen LogP contribution is 2.33. The second-order valence-corrected chi connectivity index (χ2v) is 9.30. The molecule has 2 fully saturated rings. The van der Waals surface area contributed by atoms with Gasteiger partial charge in [0.2, 0.25) is 0 Å². The molecule has 2 heterocycles. The summed E-state index contributed by atoms with van der Waals surface area (Å²) in [5.74, 6) is 0. The number of piperidine rings is 1. The molecule has 6 heteroatoms. The predicted molar refractivity (Wildman–Crippen MR) is 113 cm³/mol. The van der Waals surface area contributed by atoms with Crippen molar-refractivity contribution in [2.45, 2.75) is 70.2 Å². The molecule has 29 heavy (non-hydrogen) atoms. The molecular weight excluding hydrogens is 364 g/mol. The van der Waals surface area contributed by atoms with E-state index in [1.807, 2.05) is 26.8 Å². The SMILES string of the molecule is C[C@@H]1NCCN(C2(C#N)CCN(C(=O)OC(C)(C)C)CC2)C1Cc1ccccc1. The van der Waals surface area contributed by atoms with Crippen LogP contribution in [-0.2, 0) is 11.2 Å². The van der Waals surface area contributed by atoms with Gasteiger partial charge < -0.3 is 15.0 Å².